The molecule has 0 aliphatic carbocycles. The summed E-state index contributed by atoms with van der Waals surface area (Å²) in [4.78, 5) is 13.3. The molecule has 9 heteroatoms. The molecule has 7 rings (SSSR count). The second kappa shape index (κ2) is 13.0. The van der Waals surface area contributed by atoms with Gasteiger partial charge in [0.2, 0.25) is 0 Å². The molecule has 0 aliphatic rings. The lowest BCUT2D eigenvalue weighted by Crippen LogP contribution is -2.22. The SMILES string of the molecule is Cc1ccc(CCc2c(-c3ccc(-c4ccccc4)cc3)n(CCc3nn[nH]n3)c3ccc(C(=O)NCc4ccon4)cc23)cc1. The highest BCUT2D eigenvalue weighted by Crippen LogP contribution is 2.37. The Labute approximate surface area is 266 Å². The smallest absolute Gasteiger partial charge is 0.251 e. The molecule has 0 saturated carbocycles. The Morgan fingerprint density at radius 3 is 2.37 bits per heavy atom. The van der Waals surface area contributed by atoms with Gasteiger partial charge in [-0.2, -0.15) is 5.21 Å². The maximum atomic E-state index is 13.3. The van der Waals surface area contributed by atoms with Crippen LogP contribution in [0.3, 0.4) is 0 Å². The average Bonchev–Trinajstić information content (AvgIpc) is 3.88. The molecule has 9 nitrogen and oxygen atoms in total. The van der Waals surface area contributed by atoms with Crippen molar-refractivity contribution in [1.82, 2.24) is 35.7 Å². The van der Waals surface area contributed by atoms with Crippen molar-refractivity contribution in [2.75, 3.05) is 0 Å². The lowest BCUT2D eigenvalue weighted by molar-refractivity contribution is 0.0950. The van der Waals surface area contributed by atoms with Gasteiger partial charge < -0.3 is 14.4 Å². The molecule has 0 aliphatic heterocycles. The molecule has 228 valence electrons. The number of carbonyl (C=O) groups excluding carboxylic acids is 1. The van der Waals surface area contributed by atoms with Crippen molar-refractivity contribution in [3.8, 4) is 22.4 Å². The van der Waals surface area contributed by atoms with E-state index in [1.165, 1.54) is 28.5 Å². The van der Waals surface area contributed by atoms with Crippen LogP contribution in [0.1, 0.15) is 38.6 Å². The van der Waals surface area contributed by atoms with Gasteiger partial charge in [-0.3, -0.25) is 4.79 Å². The number of amides is 1. The fraction of sp³-hybridized carbons (Fsp3) is 0.162. The Balaban J connectivity index is 1.33. The minimum absolute atomic E-state index is 0.164. The lowest BCUT2D eigenvalue weighted by atomic mass is 9.96. The van der Waals surface area contributed by atoms with Crippen molar-refractivity contribution in [2.45, 2.75) is 39.3 Å². The van der Waals surface area contributed by atoms with Crippen LogP contribution in [0.2, 0.25) is 0 Å². The van der Waals surface area contributed by atoms with Gasteiger partial charge in [-0.1, -0.05) is 94.8 Å². The van der Waals surface area contributed by atoms with Crippen LogP contribution in [0, 0.1) is 6.92 Å². The zero-order chi connectivity index (χ0) is 31.3. The fourth-order valence-corrected chi connectivity index (χ4v) is 5.96. The Morgan fingerprint density at radius 2 is 1.63 bits per heavy atom. The van der Waals surface area contributed by atoms with Gasteiger partial charge in [0.1, 0.15) is 12.0 Å². The third-order valence-electron chi connectivity index (χ3n) is 8.35. The van der Waals surface area contributed by atoms with Crippen LogP contribution < -0.4 is 5.32 Å². The van der Waals surface area contributed by atoms with Crippen LogP contribution in [-0.4, -0.2) is 36.3 Å². The number of hydrogen-bond acceptors (Lipinski definition) is 6. The standard InChI is InChI=1S/C37H33N7O2/c1-25-7-9-26(10-8-25)11-17-32-33-23-30(37(45)38-24-31-20-22-46-41-31)16-18-34(33)44(21-19-35-39-42-43-40-35)36(32)29-14-12-28(13-15-29)27-5-3-2-4-6-27/h2-10,12-16,18,20,22-23H,11,17,19,21,24H2,1H3,(H,38,45)(H,39,40,42,43). The molecule has 0 fully saturated rings. The van der Waals surface area contributed by atoms with Crippen LogP contribution in [0.5, 0.6) is 0 Å². The van der Waals surface area contributed by atoms with Crippen molar-refractivity contribution in [3.05, 3.63) is 143 Å². The summed E-state index contributed by atoms with van der Waals surface area (Å²) >= 11 is 0. The van der Waals surface area contributed by atoms with E-state index < -0.39 is 0 Å². The number of tetrazole rings is 1. The van der Waals surface area contributed by atoms with Gasteiger partial charge in [0, 0.05) is 35.5 Å². The van der Waals surface area contributed by atoms with Gasteiger partial charge in [-0.25, -0.2) is 0 Å². The first kappa shape index (κ1) is 28.9. The van der Waals surface area contributed by atoms with E-state index in [-0.39, 0.29) is 5.91 Å². The summed E-state index contributed by atoms with van der Waals surface area (Å²) in [5, 5.41) is 22.7. The van der Waals surface area contributed by atoms with Gasteiger partial charge in [0.25, 0.3) is 5.91 Å². The number of benzene rings is 4. The van der Waals surface area contributed by atoms with E-state index >= 15 is 0 Å². The highest BCUT2D eigenvalue weighted by molar-refractivity contribution is 6.01. The molecular formula is C37H33N7O2. The summed E-state index contributed by atoms with van der Waals surface area (Å²) < 4.78 is 7.26. The van der Waals surface area contributed by atoms with Crippen LogP contribution in [0.15, 0.2) is 114 Å². The van der Waals surface area contributed by atoms with E-state index in [9.17, 15) is 4.79 Å². The van der Waals surface area contributed by atoms with Crippen molar-refractivity contribution in [3.63, 3.8) is 0 Å². The molecule has 3 aromatic heterocycles. The first-order valence-corrected chi connectivity index (χ1v) is 15.4. The third kappa shape index (κ3) is 6.21. The molecular weight excluding hydrogens is 574 g/mol. The largest absolute Gasteiger partial charge is 0.364 e. The Morgan fingerprint density at radius 1 is 0.848 bits per heavy atom. The second-order valence-electron chi connectivity index (χ2n) is 11.4. The van der Waals surface area contributed by atoms with Gasteiger partial charge in [-0.15, -0.1) is 10.2 Å². The predicted molar refractivity (Wildman–Crippen MR) is 177 cm³/mol. The number of nitrogens with zero attached hydrogens (tertiary/aromatic N) is 5. The van der Waals surface area contributed by atoms with Crippen LogP contribution in [-0.2, 0) is 32.4 Å². The summed E-state index contributed by atoms with van der Waals surface area (Å²) in [5.41, 5.74) is 10.6. The number of aryl methyl sites for hydroxylation is 5. The van der Waals surface area contributed by atoms with Gasteiger partial charge in [-0.05, 0) is 65.8 Å². The van der Waals surface area contributed by atoms with Crippen molar-refractivity contribution < 1.29 is 9.32 Å². The number of aromatic amines is 1. The third-order valence-corrected chi connectivity index (χ3v) is 8.35. The molecule has 2 N–H and O–H groups in total. The topological polar surface area (TPSA) is 115 Å². The summed E-state index contributed by atoms with van der Waals surface area (Å²) in [6.07, 6.45) is 3.77. The lowest BCUT2D eigenvalue weighted by Gasteiger charge is -2.13. The van der Waals surface area contributed by atoms with Crippen molar-refractivity contribution in [2.24, 2.45) is 0 Å². The molecule has 3 heterocycles. The maximum Gasteiger partial charge on any atom is 0.251 e. The molecule has 0 bridgehead atoms. The highest BCUT2D eigenvalue weighted by Gasteiger charge is 2.21. The van der Waals surface area contributed by atoms with Crippen LogP contribution in [0.4, 0.5) is 0 Å². The normalized spacial score (nSPS) is 11.2. The van der Waals surface area contributed by atoms with E-state index in [4.69, 9.17) is 4.52 Å². The minimum atomic E-state index is -0.164. The van der Waals surface area contributed by atoms with Gasteiger partial charge in [0.15, 0.2) is 5.82 Å². The molecule has 46 heavy (non-hydrogen) atoms. The summed E-state index contributed by atoms with van der Waals surface area (Å²) in [6, 6.07) is 35.5. The number of nitrogens with one attached hydrogen (secondary N) is 2. The quantitative estimate of drug-likeness (QED) is 0.168. The molecule has 1 amide bonds. The molecule has 7 aromatic rings. The molecule has 0 spiro atoms. The Hall–Kier alpha value is -5.83. The molecule has 0 unspecified atom stereocenters. The first-order valence-electron chi connectivity index (χ1n) is 15.4. The number of rotatable bonds is 11. The predicted octanol–water partition coefficient (Wildman–Crippen LogP) is 6.74. The Kier molecular flexibility index (Phi) is 8.19. The van der Waals surface area contributed by atoms with E-state index in [1.807, 2.05) is 24.3 Å². The average molecular weight is 608 g/mol. The fourth-order valence-electron chi connectivity index (χ4n) is 5.96. The zero-order valence-electron chi connectivity index (χ0n) is 25.5. The minimum Gasteiger partial charge on any atom is -0.364 e. The number of aromatic nitrogens is 6. The highest BCUT2D eigenvalue weighted by atomic mass is 16.5. The van der Waals surface area contributed by atoms with E-state index in [0.29, 0.717) is 36.6 Å². The first-order chi connectivity index (χ1) is 22.6. The number of fused-ring (bicyclic) bond motifs is 1. The molecule has 0 radical (unpaired) electrons. The van der Waals surface area contributed by atoms with Gasteiger partial charge in [0.05, 0.1) is 12.2 Å². The van der Waals surface area contributed by atoms with Gasteiger partial charge >= 0.3 is 0 Å². The molecule has 0 atom stereocenters. The second-order valence-corrected chi connectivity index (χ2v) is 11.4. The van der Waals surface area contributed by atoms with E-state index in [2.05, 4.69) is 115 Å². The van der Waals surface area contributed by atoms with Crippen molar-refractivity contribution >= 4 is 16.8 Å². The van der Waals surface area contributed by atoms with Crippen LogP contribution in [0.25, 0.3) is 33.3 Å². The summed E-state index contributed by atoms with van der Waals surface area (Å²) in [5.74, 6) is 0.486. The maximum absolute atomic E-state index is 13.3. The van der Waals surface area contributed by atoms with Crippen LogP contribution >= 0.6 is 0 Å². The number of H-pyrrole nitrogens is 1. The summed E-state index contributed by atoms with van der Waals surface area (Å²) in [7, 11) is 0. The van der Waals surface area contributed by atoms with E-state index in [0.717, 1.165) is 40.6 Å². The monoisotopic (exact) mass is 607 g/mol. The molecule has 0 saturated heterocycles. The van der Waals surface area contributed by atoms with Crippen molar-refractivity contribution in [1.29, 1.82) is 0 Å². The van der Waals surface area contributed by atoms with E-state index in [1.54, 1.807) is 6.07 Å². The number of hydrogen-bond donors (Lipinski definition) is 2. The Bertz CT molecular complexity index is 2050. The number of carbonyl (C=O) groups is 1. The zero-order valence-corrected chi connectivity index (χ0v) is 25.5. The summed E-state index contributed by atoms with van der Waals surface area (Å²) in [6.45, 7) is 3.04. The molecule has 4 aromatic carbocycles.